The fourth-order valence-electron chi connectivity index (χ4n) is 3.15. The van der Waals surface area contributed by atoms with E-state index in [0.717, 1.165) is 22.4 Å². The molecule has 32 heavy (non-hydrogen) atoms. The quantitative estimate of drug-likeness (QED) is 0.369. The zero-order chi connectivity index (χ0) is 22.5. The third kappa shape index (κ3) is 5.70. The number of hydrogen-bond acceptors (Lipinski definition) is 6. The molecule has 1 saturated heterocycles. The lowest BCUT2D eigenvalue weighted by molar-refractivity contribution is -0.122. The fourth-order valence-corrected chi connectivity index (χ4v) is 5.32. The van der Waals surface area contributed by atoms with Crippen LogP contribution in [0.4, 0.5) is 5.13 Å². The molecule has 0 aliphatic carbocycles. The van der Waals surface area contributed by atoms with Crippen LogP contribution in [0.25, 0.3) is 6.08 Å². The molecule has 8 heteroatoms. The van der Waals surface area contributed by atoms with Crippen molar-refractivity contribution >= 4 is 62.7 Å². The lowest BCUT2D eigenvalue weighted by Gasteiger charge is -2.13. The van der Waals surface area contributed by atoms with Crippen LogP contribution in [0.2, 0.25) is 0 Å². The predicted molar refractivity (Wildman–Crippen MR) is 136 cm³/mol. The van der Waals surface area contributed by atoms with Gasteiger partial charge in [-0.3, -0.25) is 14.5 Å². The first-order valence-electron chi connectivity index (χ1n) is 10.1. The van der Waals surface area contributed by atoms with Gasteiger partial charge in [0.1, 0.15) is 4.32 Å². The Morgan fingerprint density at radius 3 is 2.66 bits per heavy atom. The molecule has 1 aromatic heterocycles. The maximum Gasteiger partial charge on any atom is 0.266 e. The predicted octanol–water partition coefficient (Wildman–Crippen LogP) is 5.27. The van der Waals surface area contributed by atoms with Gasteiger partial charge >= 0.3 is 0 Å². The number of hydrogen-bond donors (Lipinski definition) is 1. The van der Waals surface area contributed by atoms with Crippen LogP contribution in [0.15, 0.2) is 65.7 Å². The number of thiazole rings is 1. The highest BCUT2D eigenvalue weighted by atomic mass is 32.2. The lowest BCUT2D eigenvalue weighted by Crippen LogP contribution is -2.31. The van der Waals surface area contributed by atoms with E-state index in [9.17, 15) is 9.59 Å². The molecule has 0 atom stereocenters. The van der Waals surface area contributed by atoms with E-state index in [1.54, 1.807) is 6.20 Å². The number of nitrogens with one attached hydrogen (secondary N) is 1. The summed E-state index contributed by atoms with van der Waals surface area (Å²) in [6, 6.07) is 18.1. The minimum absolute atomic E-state index is 0.151. The molecule has 162 valence electrons. The van der Waals surface area contributed by atoms with Gasteiger partial charge < -0.3 is 5.32 Å². The highest BCUT2D eigenvalue weighted by Crippen LogP contribution is 2.32. The van der Waals surface area contributed by atoms with Crippen LogP contribution in [0.5, 0.6) is 0 Å². The van der Waals surface area contributed by atoms with Crippen molar-refractivity contribution in [1.29, 1.82) is 0 Å². The number of thiocarbonyl (C=S) groups is 1. The standard InChI is InChI=1S/C24H21N3O2S3/c1-16-7-9-18(10-8-16)14-20-22(29)27(24(30)32-20)12-11-21(28)26-23-25-15-19(31-23)13-17-5-3-2-4-6-17/h2-10,14-15H,11-13H2,1H3,(H,25,26,28)/b20-14+. The van der Waals surface area contributed by atoms with Gasteiger partial charge in [0.2, 0.25) is 5.91 Å². The lowest BCUT2D eigenvalue weighted by atomic mass is 10.1. The van der Waals surface area contributed by atoms with Crippen molar-refractivity contribution in [2.45, 2.75) is 19.8 Å². The summed E-state index contributed by atoms with van der Waals surface area (Å²) in [6.07, 6.45) is 4.55. The number of benzene rings is 2. The Hall–Kier alpha value is -2.81. The van der Waals surface area contributed by atoms with E-state index in [0.29, 0.717) is 14.4 Å². The van der Waals surface area contributed by atoms with Crippen molar-refractivity contribution in [2.24, 2.45) is 0 Å². The van der Waals surface area contributed by atoms with Crippen molar-refractivity contribution in [3.05, 3.63) is 87.3 Å². The molecule has 1 N–H and O–H groups in total. The normalized spacial score (nSPS) is 14.9. The average molecular weight is 480 g/mol. The summed E-state index contributed by atoms with van der Waals surface area (Å²) < 4.78 is 0.473. The topological polar surface area (TPSA) is 62.3 Å². The van der Waals surface area contributed by atoms with E-state index in [1.165, 1.54) is 33.6 Å². The third-order valence-corrected chi connectivity index (χ3v) is 7.12. The van der Waals surface area contributed by atoms with E-state index < -0.39 is 0 Å². The Morgan fingerprint density at radius 1 is 1.16 bits per heavy atom. The van der Waals surface area contributed by atoms with Gasteiger partial charge in [-0.25, -0.2) is 4.98 Å². The zero-order valence-electron chi connectivity index (χ0n) is 17.4. The Morgan fingerprint density at radius 2 is 1.91 bits per heavy atom. The smallest absolute Gasteiger partial charge is 0.266 e. The van der Waals surface area contributed by atoms with Gasteiger partial charge in [0.25, 0.3) is 5.91 Å². The van der Waals surface area contributed by atoms with Crippen LogP contribution in [-0.4, -0.2) is 32.6 Å². The van der Waals surface area contributed by atoms with Crippen molar-refractivity contribution in [1.82, 2.24) is 9.88 Å². The Bertz CT molecular complexity index is 1170. The van der Waals surface area contributed by atoms with Crippen LogP contribution in [0.3, 0.4) is 0 Å². The molecule has 2 aromatic carbocycles. The maximum absolute atomic E-state index is 12.7. The summed E-state index contributed by atoms with van der Waals surface area (Å²) in [5, 5.41) is 3.38. The first-order chi connectivity index (χ1) is 15.5. The van der Waals surface area contributed by atoms with Gasteiger partial charge in [-0.1, -0.05) is 84.1 Å². The van der Waals surface area contributed by atoms with E-state index in [1.807, 2.05) is 55.5 Å². The van der Waals surface area contributed by atoms with Gasteiger partial charge in [-0.05, 0) is 24.1 Å². The van der Waals surface area contributed by atoms with Crippen LogP contribution >= 0.6 is 35.3 Å². The number of nitrogens with zero attached hydrogens (tertiary/aromatic N) is 2. The number of amides is 2. The monoisotopic (exact) mass is 479 g/mol. The Labute approximate surface area is 200 Å². The number of anilines is 1. The first kappa shape index (κ1) is 22.4. The minimum atomic E-state index is -0.192. The summed E-state index contributed by atoms with van der Waals surface area (Å²) in [5.74, 6) is -0.352. The van der Waals surface area contributed by atoms with Gasteiger partial charge in [0.05, 0.1) is 4.91 Å². The largest absolute Gasteiger partial charge is 0.302 e. The molecule has 0 unspecified atom stereocenters. The summed E-state index contributed by atoms with van der Waals surface area (Å²) >= 11 is 8.09. The van der Waals surface area contributed by atoms with Crippen LogP contribution in [0.1, 0.15) is 28.0 Å². The number of carbonyl (C=O) groups excluding carboxylic acids is 2. The summed E-state index contributed by atoms with van der Waals surface area (Å²) in [4.78, 5) is 32.6. The molecule has 4 rings (SSSR count). The highest BCUT2D eigenvalue weighted by Gasteiger charge is 2.32. The summed E-state index contributed by atoms with van der Waals surface area (Å²) in [5.41, 5.74) is 3.30. The molecule has 0 spiro atoms. The molecule has 2 amide bonds. The molecule has 3 aromatic rings. The molecule has 1 aliphatic heterocycles. The van der Waals surface area contributed by atoms with Gasteiger partial charge in [0.15, 0.2) is 5.13 Å². The van der Waals surface area contributed by atoms with E-state index >= 15 is 0 Å². The number of aryl methyl sites for hydroxylation is 1. The van der Waals surface area contributed by atoms with Gasteiger partial charge in [0, 0.05) is 30.5 Å². The summed E-state index contributed by atoms with van der Waals surface area (Å²) in [6.45, 7) is 2.26. The first-order valence-corrected chi connectivity index (χ1v) is 12.1. The molecular weight excluding hydrogens is 458 g/mol. The molecule has 2 heterocycles. The molecule has 0 bridgehead atoms. The second kappa shape index (κ2) is 10.2. The van der Waals surface area contributed by atoms with Gasteiger partial charge in [-0.2, -0.15) is 0 Å². The number of carbonyl (C=O) groups is 2. The van der Waals surface area contributed by atoms with E-state index in [2.05, 4.69) is 22.4 Å². The Balaban J connectivity index is 1.30. The number of rotatable bonds is 7. The molecule has 1 fully saturated rings. The van der Waals surface area contributed by atoms with Crippen LogP contribution < -0.4 is 5.32 Å². The molecule has 1 aliphatic rings. The molecule has 0 radical (unpaired) electrons. The fraction of sp³-hybridized carbons (Fsp3) is 0.167. The van der Waals surface area contributed by atoms with Crippen molar-refractivity contribution in [3.8, 4) is 0 Å². The number of thioether (sulfide) groups is 1. The third-order valence-electron chi connectivity index (χ3n) is 4.83. The number of aromatic nitrogens is 1. The molecule has 0 saturated carbocycles. The van der Waals surface area contributed by atoms with Crippen LogP contribution in [0, 0.1) is 6.92 Å². The van der Waals surface area contributed by atoms with E-state index in [4.69, 9.17) is 12.2 Å². The SMILES string of the molecule is Cc1ccc(/C=C2/SC(=S)N(CCC(=O)Nc3ncc(Cc4ccccc4)s3)C2=O)cc1. The zero-order valence-corrected chi connectivity index (χ0v) is 19.9. The van der Waals surface area contributed by atoms with Crippen LogP contribution in [-0.2, 0) is 16.0 Å². The maximum atomic E-state index is 12.7. The Kier molecular flexibility index (Phi) is 7.14. The second-order valence-corrected chi connectivity index (χ2v) is 10.1. The molecule has 5 nitrogen and oxygen atoms in total. The highest BCUT2D eigenvalue weighted by molar-refractivity contribution is 8.26. The average Bonchev–Trinajstić information content (AvgIpc) is 3.32. The second-order valence-electron chi connectivity index (χ2n) is 7.34. The van der Waals surface area contributed by atoms with E-state index in [-0.39, 0.29) is 24.8 Å². The van der Waals surface area contributed by atoms with Gasteiger partial charge in [-0.15, -0.1) is 11.3 Å². The van der Waals surface area contributed by atoms with Crippen molar-refractivity contribution in [3.63, 3.8) is 0 Å². The molecular formula is C24H21N3O2S3. The van der Waals surface area contributed by atoms with Crippen molar-refractivity contribution < 1.29 is 9.59 Å². The van der Waals surface area contributed by atoms with Crippen molar-refractivity contribution in [2.75, 3.05) is 11.9 Å². The summed E-state index contributed by atoms with van der Waals surface area (Å²) in [7, 11) is 0. The minimum Gasteiger partial charge on any atom is -0.302 e.